The standard InChI is InChI=1S/C28H37N3/c1-6-13-30(17-22-11-12-22)25-16-21(5)29-28-26(25)23-9-7-8-10-24(23)31(28)27-19(3)14-18(2)15-20(27)4/h14-16,22H,6-13,17H2,1-5H3. The first-order valence-corrected chi connectivity index (χ1v) is 12.3. The number of rotatable bonds is 6. The lowest BCUT2D eigenvalue weighted by atomic mass is 9.94. The molecule has 0 radical (unpaired) electrons. The van der Waals surface area contributed by atoms with E-state index in [4.69, 9.17) is 4.98 Å². The fourth-order valence-electron chi connectivity index (χ4n) is 5.83. The minimum atomic E-state index is 0.884. The maximum absolute atomic E-state index is 5.20. The third kappa shape index (κ3) is 3.66. The molecule has 0 bridgehead atoms. The monoisotopic (exact) mass is 415 g/mol. The summed E-state index contributed by atoms with van der Waals surface area (Å²) in [5.74, 6) is 0.884. The lowest BCUT2D eigenvalue weighted by molar-refractivity contribution is 0.665. The molecule has 1 aromatic carbocycles. The van der Waals surface area contributed by atoms with Gasteiger partial charge in [-0.1, -0.05) is 24.6 Å². The molecule has 1 saturated carbocycles. The minimum absolute atomic E-state index is 0.884. The molecule has 3 heteroatoms. The number of hydrogen-bond donors (Lipinski definition) is 0. The molecule has 2 aliphatic rings. The smallest absolute Gasteiger partial charge is 0.147 e. The number of aryl methyl sites for hydroxylation is 5. The van der Waals surface area contributed by atoms with Crippen molar-refractivity contribution in [2.24, 2.45) is 5.92 Å². The normalized spacial score (nSPS) is 16.0. The molecule has 0 atom stereocenters. The molecule has 0 saturated heterocycles. The predicted octanol–water partition coefficient (Wildman–Crippen LogP) is 6.76. The lowest BCUT2D eigenvalue weighted by Crippen LogP contribution is -2.27. The average molecular weight is 416 g/mol. The fourth-order valence-corrected chi connectivity index (χ4v) is 5.83. The zero-order valence-electron chi connectivity index (χ0n) is 20.0. The zero-order chi connectivity index (χ0) is 21.7. The van der Waals surface area contributed by atoms with E-state index in [1.54, 1.807) is 5.56 Å². The molecule has 2 aliphatic carbocycles. The molecule has 0 spiro atoms. The number of pyridine rings is 1. The van der Waals surface area contributed by atoms with Gasteiger partial charge in [-0.3, -0.25) is 4.57 Å². The summed E-state index contributed by atoms with van der Waals surface area (Å²) in [5.41, 5.74) is 12.3. The van der Waals surface area contributed by atoms with Crippen molar-refractivity contribution in [1.82, 2.24) is 9.55 Å². The molecular weight excluding hydrogens is 378 g/mol. The van der Waals surface area contributed by atoms with Crippen molar-refractivity contribution in [1.29, 1.82) is 0 Å². The Hall–Kier alpha value is -2.29. The summed E-state index contributed by atoms with van der Waals surface area (Å²) in [7, 11) is 0. The zero-order valence-corrected chi connectivity index (χ0v) is 20.0. The molecule has 0 unspecified atom stereocenters. The van der Waals surface area contributed by atoms with Crippen LogP contribution in [0.2, 0.25) is 0 Å². The van der Waals surface area contributed by atoms with E-state index in [0.29, 0.717) is 0 Å². The topological polar surface area (TPSA) is 21.1 Å². The third-order valence-corrected chi connectivity index (χ3v) is 7.20. The van der Waals surface area contributed by atoms with Gasteiger partial charge in [0.05, 0.1) is 5.69 Å². The molecule has 0 N–H and O–H groups in total. The van der Waals surface area contributed by atoms with Gasteiger partial charge in [-0.05, 0) is 101 Å². The molecular formula is C28H37N3. The highest BCUT2D eigenvalue weighted by Crippen LogP contribution is 2.42. The first kappa shape index (κ1) is 20.6. The van der Waals surface area contributed by atoms with Crippen molar-refractivity contribution in [3.05, 3.63) is 51.8 Å². The third-order valence-electron chi connectivity index (χ3n) is 7.20. The predicted molar refractivity (Wildman–Crippen MR) is 132 cm³/mol. The Morgan fingerprint density at radius 3 is 2.39 bits per heavy atom. The van der Waals surface area contributed by atoms with Gasteiger partial charge in [0.15, 0.2) is 0 Å². The Kier molecular flexibility index (Phi) is 5.32. The van der Waals surface area contributed by atoms with Gasteiger partial charge in [0.1, 0.15) is 5.65 Å². The second-order valence-corrected chi connectivity index (χ2v) is 10.1. The number of nitrogens with zero attached hydrogens (tertiary/aromatic N) is 3. The van der Waals surface area contributed by atoms with E-state index in [0.717, 1.165) is 24.6 Å². The van der Waals surface area contributed by atoms with Gasteiger partial charge in [-0.25, -0.2) is 4.98 Å². The molecule has 3 nitrogen and oxygen atoms in total. The summed E-state index contributed by atoms with van der Waals surface area (Å²) in [5, 5.41) is 1.44. The Morgan fingerprint density at radius 1 is 1.00 bits per heavy atom. The molecule has 2 heterocycles. The van der Waals surface area contributed by atoms with Gasteiger partial charge in [0.2, 0.25) is 0 Å². The molecule has 164 valence electrons. The molecule has 5 rings (SSSR count). The number of hydrogen-bond acceptors (Lipinski definition) is 2. The van der Waals surface area contributed by atoms with E-state index in [-0.39, 0.29) is 0 Å². The average Bonchev–Trinajstić information content (AvgIpc) is 3.48. The Labute approximate surface area is 187 Å². The molecule has 1 fully saturated rings. The first-order valence-electron chi connectivity index (χ1n) is 12.3. The van der Waals surface area contributed by atoms with Gasteiger partial charge in [-0.15, -0.1) is 0 Å². The van der Waals surface area contributed by atoms with Gasteiger partial charge >= 0.3 is 0 Å². The van der Waals surface area contributed by atoms with E-state index in [1.807, 2.05) is 0 Å². The second kappa shape index (κ2) is 8.00. The van der Waals surface area contributed by atoms with Crippen LogP contribution < -0.4 is 4.90 Å². The van der Waals surface area contributed by atoms with Crippen LogP contribution in [-0.2, 0) is 12.8 Å². The fraction of sp³-hybridized carbons (Fsp3) is 0.536. The SMILES string of the molecule is CCCN(CC1CC1)c1cc(C)nc2c1c1c(n2-c2c(C)cc(C)cc2C)CCCC1. The number of anilines is 1. The molecule has 31 heavy (non-hydrogen) atoms. The van der Waals surface area contributed by atoms with Crippen LogP contribution in [0.1, 0.15) is 72.7 Å². The van der Waals surface area contributed by atoms with Crippen LogP contribution in [0.3, 0.4) is 0 Å². The van der Waals surface area contributed by atoms with E-state index in [9.17, 15) is 0 Å². The van der Waals surface area contributed by atoms with Crippen molar-refractivity contribution in [3.8, 4) is 5.69 Å². The summed E-state index contributed by atoms with van der Waals surface area (Å²) in [6, 6.07) is 7.03. The highest BCUT2D eigenvalue weighted by atomic mass is 15.2. The number of aromatic nitrogens is 2. The highest BCUT2D eigenvalue weighted by molar-refractivity contribution is 5.96. The van der Waals surface area contributed by atoms with Crippen LogP contribution in [0, 0.1) is 33.6 Å². The van der Waals surface area contributed by atoms with Gasteiger partial charge in [0.25, 0.3) is 0 Å². The van der Waals surface area contributed by atoms with Crippen molar-refractivity contribution >= 4 is 16.7 Å². The molecule has 0 aliphatic heterocycles. The minimum Gasteiger partial charge on any atom is -0.371 e. The maximum atomic E-state index is 5.20. The van der Waals surface area contributed by atoms with Crippen molar-refractivity contribution < 1.29 is 0 Å². The van der Waals surface area contributed by atoms with Crippen molar-refractivity contribution in [2.45, 2.75) is 79.6 Å². The number of fused-ring (bicyclic) bond motifs is 3. The van der Waals surface area contributed by atoms with E-state index in [2.05, 4.69) is 62.3 Å². The van der Waals surface area contributed by atoms with Crippen LogP contribution in [0.4, 0.5) is 5.69 Å². The maximum Gasteiger partial charge on any atom is 0.147 e. The Bertz CT molecular complexity index is 1110. The van der Waals surface area contributed by atoms with Crippen LogP contribution in [0.5, 0.6) is 0 Å². The summed E-state index contributed by atoms with van der Waals surface area (Å²) >= 11 is 0. The second-order valence-electron chi connectivity index (χ2n) is 10.1. The number of benzene rings is 1. The van der Waals surface area contributed by atoms with E-state index < -0.39 is 0 Å². The van der Waals surface area contributed by atoms with Gasteiger partial charge in [0, 0.05) is 35.6 Å². The summed E-state index contributed by atoms with van der Waals surface area (Å²) < 4.78 is 2.55. The molecule has 3 aromatic rings. The molecule has 2 aromatic heterocycles. The largest absolute Gasteiger partial charge is 0.371 e. The lowest BCUT2D eigenvalue weighted by Gasteiger charge is -2.26. The Morgan fingerprint density at radius 2 is 1.71 bits per heavy atom. The highest BCUT2D eigenvalue weighted by Gasteiger charge is 2.29. The van der Waals surface area contributed by atoms with E-state index >= 15 is 0 Å². The first-order chi connectivity index (χ1) is 15.0. The Balaban J connectivity index is 1.81. The van der Waals surface area contributed by atoms with Crippen LogP contribution >= 0.6 is 0 Å². The van der Waals surface area contributed by atoms with Crippen LogP contribution in [0.15, 0.2) is 18.2 Å². The van der Waals surface area contributed by atoms with E-state index in [1.165, 1.54) is 89.9 Å². The quantitative estimate of drug-likeness (QED) is 0.443. The summed E-state index contributed by atoms with van der Waals surface area (Å²) in [4.78, 5) is 7.88. The molecule has 0 amide bonds. The summed E-state index contributed by atoms with van der Waals surface area (Å²) in [6.07, 6.45) is 8.90. The van der Waals surface area contributed by atoms with Crippen molar-refractivity contribution in [2.75, 3.05) is 18.0 Å². The van der Waals surface area contributed by atoms with Crippen LogP contribution in [-0.4, -0.2) is 22.6 Å². The van der Waals surface area contributed by atoms with Gasteiger partial charge < -0.3 is 4.90 Å². The summed E-state index contributed by atoms with van der Waals surface area (Å²) in [6.45, 7) is 13.6. The van der Waals surface area contributed by atoms with Crippen LogP contribution in [0.25, 0.3) is 16.7 Å². The van der Waals surface area contributed by atoms with Gasteiger partial charge in [-0.2, -0.15) is 0 Å². The van der Waals surface area contributed by atoms with Crippen molar-refractivity contribution in [3.63, 3.8) is 0 Å².